The van der Waals surface area contributed by atoms with Crippen LogP contribution in [0.3, 0.4) is 0 Å². The Morgan fingerprint density at radius 2 is 1.56 bits per heavy atom. The third-order valence-corrected chi connectivity index (χ3v) is 6.17. The molecule has 2 heterocycles. The summed E-state index contributed by atoms with van der Waals surface area (Å²) >= 11 is 0. The number of anilines is 1. The lowest BCUT2D eigenvalue weighted by atomic mass is 9.95. The molecule has 0 N–H and O–H groups in total. The third kappa shape index (κ3) is 4.71. The highest BCUT2D eigenvalue weighted by atomic mass is 19.1. The van der Waals surface area contributed by atoms with Gasteiger partial charge in [-0.2, -0.15) is 0 Å². The van der Waals surface area contributed by atoms with Crippen LogP contribution in [0.15, 0.2) is 48.5 Å². The van der Waals surface area contributed by atoms with Crippen molar-refractivity contribution in [2.75, 3.05) is 44.2 Å². The molecule has 32 heavy (non-hydrogen) atoms. The summed E-state index contributed by atoms with van der Waals surface area (Å²) in [6.07, 6.45) is 1.50. The number of hydrogen-bond acceptors (Lipinski definition) is 5. The molecule has 0 spiro atoms. The standard InChI is InChI=1S/C23H25FN4O4/c24-19-5-3-17(4-6-19)22(29)27-11-1-2-18(16-27)23(30)26-14-12-25(13-15-26)20-7-9-21(10-8-20)28(31)32/h3-10,18H,1-2,11-16H2. The van der Waals surface area contributed by atoms with E-state index in [1.165, 1.54) is 36.4 Å². The topological polar surface area (TPSA) is 87.0 Å². The fraction of sp³-hybridized carbons (Fsp3) is 0.391. The Morgan fingerprint density at radius 3 is 2.19 bits per heavy atom. The van der Waals surface area contributed by atoms with Crippen LogP contribution in [0, 0.1) is 21.8 Å². The van der Waals surface area contributed by atoms with Crippen LogP contribution >= 0.6 is 0 Å². The first-order valence-electron chi connectivity index (χ1n) is 10.8. The van der Waals surface area contributed by atoms with Gasteiger partial charge in [-0.05, 0) is 49.2 Å². The number of halogens is 1. The number of nitrogens with zero attached hydrogens (tertiary/aromatic N) is 4. The number of likely N-dealkylation sites (tertiary alicyclic amines) is 1. The second-order valence-corrected chi connectivity index (χ2v) is 8.18. The number of hydrogen-bond donors (Lipinski definition) is 0. The molecular weight excluding hydrogens is 415 g/mol. The number of amides is 2. The molecule has 0 saturated carbocycles. The fourth-order valence-electron chi connectivity index (χ4n) is 4.37. The molecule has 2 aromatic rings. The monoisotopic (exact) mass is 440 g/mol. The average Bonchev–Trinajstić information content (AvgIpc) is 2.84. The summed E-state index contributed by atoms with van der Waals surface area (Å²) in [4.78, 5) is 41.9. The summed E-state index contributed by atoms with van der Waals surface area (Å²) < 4.78 is 13.1. The largest absolute Gasteiger partial charge is 0.368 e. The predicted molar refractivity (Wildman–Crippen MR) is 117 cm³/mol. The summed E-state index contributed by atoms with van der Waals surface area (Å²) in [6, 6.07) is 11.9. The lowest BCUT2D eigenvalue weighted by Crippen LogP contribution is -2.53. The number of rotatable bonds is 4. The first-order chi connectivity index (χ1) is 15.4. The molecular formula is C23H25FN4O4. The summed E-state index contributed by atoms with van der Waals surface area (Å²) in [6.45, 7) is 3.39. The van der Waals surface area contributed by atoms with Crippen molar-refractivity contribution in [3.8, 4) is 0 Å². The zero-order chi connectivity index (χ0) is 22.7. The Kier molecular flexibility index (Phi) is 6.34. The van der Waals surface area contributed by atoms with E-state index in [-0.39, 0.29) is 29.2 Å². The number of carbonyl (C=O) groups excluding carboxylic acids is 2. The Morgan fingerprint density at radius 1 is 0.906 bits per heavy atom. The summed E-state index contributed by atoms with van der Waals surface area (Å²) in [7, 11) is 0. The van der Waals surface area contributed by atoms with Crippen LogP contribution in [-0.2, 0) is 4.79 Å². The SMILES string of the molecule is O=C(c1ccc(F)cc1)N1CCCC(C(=O)N2CCN(c3ccc([N+](=O)[O-])cc3)CC2)C1. The van der Waals surface area contributed by atoms with Gasteiger partial charge in [-0.1, -0.05) is 0 Å². The van der Waals surface area contributed by atoms with Gasteiger partial charge in [0.2, 0.25) is 5.91 Å². The second-order valence-electron chi connectivity index (χ2n) is 8.18. The molecule has 2 aliphatic heterocycles. The van der Waals surface area contributed by atoms with Gasteiger partial charge in [0, 0.05) is 62.7 Å². The number of carbonyl (C=O) groups is 2. The minimum absolute atomic E-state index is 0.0552. The summed E-state index contributed by atoms with van der Waals surface area (Å²) in [5.74, 6) is -0.740. The molecule has 168 valence electrons. The molecule has 0 aliphatic carbocycles. The maximum Gasteiger partial charge on any atom is 0.269 e. The minimum Gasteiger partial charge on any atom is -0.368 e. The zero-order valence-electron chi connectivity index (χ0n) is 17.7. The molecule has 0 aromatic heterocycles. The number of piperidine rings is 1. The van der Waals surface area contributed by atoms with Crippen molar-refractivity contribution < 1.29 is 18.9 Å². The van der Waals surface area contributed by atoms with E-state index >= 15 is 0 Å². The third-order valence-electron chi connectivity index (χ3n) is 6.17. The van der Waals surface area contributed by atoms with Crippen molar-refractivity contribution >= 4 is 23.2 Å². The predicted octanol–water partition coefficient (Wildman–Crippen LogP) is 2.93. The molecule has 4 rings (SSSR count). The van der Waals surface area contributed by atoms with Gasteiger partial charge in [0.1, 0.15) is 5.82 Å². The lowest BCUT2D eigenvalue weighted by molar-refractivity contribution is -0.384. The smallest absolute Gasteiger partial charge is 0.269 e. The maximum absolute atomic E-state index is 13.1. The van der Waals surface area contributed by atoms with E-state index in [0.29, 0.717) is 44.8 Å². The number of benzene rings is 2. The summed E-state index contributed by atoms with van der Waals surface area (Å²) in [5, 5.41) is 10.8. The zero-order valence-corrected chi connectivity index (χ0v) is 17.7. The molecule has 2 amide bonds. The van der Waals surface area contributed by atoms with Crippen LogP contribution in [0.25, 0.3) is 0 Å². The highest BCUT2D eigenvalue weighted by Gasteiger charge is 2.33. The minimum atomic E-state index is -0.422. The first-order valence-corrected chi connectivity index (χ1v) is 10.8. The van der Waals surface area contributed by atoms with E-state index in [0.717, 1.165) is 18.5 Å². The van der Waals surface area contributed by atoms with E-state index in [1.54, 1.807) is 17.0 Å². The molecule has 2 aliphatic rings. The molecule has 2 fully saturated rings. The van der Waals surface area contributed by atoms with Crippen LogP contribution in [0.5, 0.6) is 0 Å². The highest BCUT2D eigenvalue weighted by Crippen LogP contribution is 2.24. The van der Waals surface area contributed by atoms with Crippen molar-refractivity contribution in [1.29, 1.82) is 0 Å². The van der Waals surface area contributed by atoms with Gasteiger partial charge in [0.05, 0.1) is 10.8 Å². The van der Waals surface area contributed by atoms with E-state index in [1.807, 2.05) is 4.90 Å². The molecule has 0 bridgehead atoms. The molecule has 1 unspecified atom stereocenters. The fourth-order valence-corrected chi connectivity index (χ4v) is 4.37. The van der Waals surface area contributed by atoms with Gasteiger partial charge in [0.15, 0.2) is 0 Å². The lowest BCUT2D eigenvalue weighted by Gasteiger charge is -2.39. The number of nitro groups is 1. The van der Waals surface area contributed by atoms with Gasteiger partial charge in [-0.3, -0.25) is 19.7 Å². The van der Waals surface area contributed by atoms with Crippen LogP contribution in [0.4, 0.5) is 15.8 Å². The Bertz CT molecular complexity index is 988. The molecule has 9 heteroatoms. The highest BCUT2D eigenvalue weighted by molar-refractivity contribution is 5.94. The van der Waals surface area contributed by atoms with E-state index in [2.05, 4.69) is 4.90 Å². The molecule has 1 atom stereocenters. The van der Waals surface area contributed by atoms with Crippen LogP contribution in [0.2, 0.25) is 0 Å². The van der Waals surface area contributed by atoms with Crippen LogP contribution in [-0.4, -0.2) is 65.8 Å². The van der Waals surface area contributed by atoms with Crippen molar-refractivity contribution in [3.63, 3.8) is 0 Å². The van der Waals surface area contributed by atoms with Gasteiger partial charge in [0.25, 0.3) is 11.6 Å². The van der Waals surface area contributed by atoms with E-state index in [9.17, 15) is 24.1 Å². The quantitative estimate of drug-likeness (QED) is 0.539. The van der Waals surface area contributed by atoms with Gasteiger partial charge < -0.3 is 14.7 Å². The average molecular weight is 440 g/mol. The Balaban J connectivity index is 1.33. The summed E-state index contributed by atoms with van der Waals surface area (Å²) in [5.41, 5.74) is 1.38. The number of non-ortho nitro benzene ring substituents is 1. The second kappa shape index (κ2) is 9.33. The van der Waals surface area contributed by atoms with Crippen molar-refractivity contribution in [3.05, 3.63) is 70.0 Å². The molecule has 2 saturated heterocycles. The van der Waals surface area contributed by atoms with E-state index in [4.69, 9.17) is 0 Å². The maximum atomic E-state index is 13.1. The number of piperazine rings is 1. The van der Waals surface area contributed by atoms with Crippen LogP contribution in [0.1, 0.15) is 23.2 Å². The van der Waals surface area contributed by atoms with Crippen molar-refractivity contribution in [2.24, 2.45) is 5.92 Å². The van der Waals surface area contributed by atoms with Crippen molar-refractivity contribution in [2.45, 2.75) is 12.8 Å². The van der Waals surface area contributed by atoms with Gasteiger partial charge in [-0.25, -0.2) is 4.39 Å². The van der Waals surface area contributed by atoms with Crippen molar-refractivity contribution in [1.82, 2.24) is 9.80 Å². The Labute approximate surface area is 185 Å². The number of nitro benzene ring substituents is 1. The molecule has 8 nitrogen and oxygen atoms in total. The normalized spacial score (nSPS) is 19.0. The van der Waals surface area contributed by atoms with Crippen LogP contribution < -0.4 is 4.90 Å². The molecule has 2 aromatic carbocycles. The Hall–Kier alpha value is -3.49. The molecule has 0 radical (unpaired) electrons. The van der Waals surface area contributed by atoms with Gasteiger partial charge >= 0.3 is 0 Å². The first kappa shape index (κ1) is 21.7. The van der Waals surface area contributed by atoms with E-state index < -0.39 is 4.92 Å². The van der Waals surface area contributed by atoms with Gasteiger partial charge in [-0.15, -0.1) is 0 Å².